The van der Waals surface area contributed by atoms with Gasteiger partial charge in [0.25, 0.3) is 0 Å². The summed E-state index contributed by atoms with van der Waals surface area (Å²) < 4.78 is 16.5. The highest BCUT2D eigenvalue weighted by Crippen LogP contribution is 2.22. The van der Waals surface area contributed by atoms with Crippen LogP contribution < -0.4 is 5.32 Å². The number of rotatable bonds is 8. The molecule has 0 spiro atoms. The van der Waals surface area contributed by atoms with Crippen LogP contribution in [0.2, 0.25) is 0 Å². The molecule has 1 amide bonds. The van der Waals surface area contributed by atoms with Crippen LogP contribution in [0, 0.1) is 5.92 Å². The van der Waals surface area contributed by atoms with Crippen molar-refractivity contribution in [2.75, 3.05) is 0 Å². The van der Waals surface area contributed by atoms with Gasteiger partial charge in [-0.1, -0.05) is 40.2 Å². The Labute approximate surface area is 212 Å². The summed E-state index contributed by atoms with van der Waals surface area (Å²) in [6, 6.07) is 6.74. The normalized spacial score (nSPS) is 14.1. The number of carbonyl (C=O) groups excluding carboxylic acids is 3. The Morgan fingerprint density at radius 2 is 1.21 bits per heavy atom. The van der Waals surface area contributed by atoms with Gasteiger partial charge in [-0.25, -0.2) is 9.59 Å². The van der Waals surface area contributed by atoms with E-state index in [2.05, 4.69) is 21.2 Å². The van der Waals surface area contributed by atoms with Crippen LogP contribution in [-0.2, 0) is 35.6 Å². The maximum absolute atomic E-state index is 13.1. The van der Waals surface area contributed by atoms with E-state index < -0.39 is 46.8 Å². The summed E-state index contributed by atoms with van der Waals surface area (Å²) >= 11 is 3.43. The molecule has 8 heteroatoms. The van der Waals surface area contributed by atoms with Crippen LogP contribution in [0.3, 0.4) is 0 Å². The molecule has 0 heterocycles. The number of hydrogen-bond donors (Lipinski definition) is 1. The SMILES string of the molecule is CC(C)(C)OC(=O)N[C@@H](C[C@H](Cc1ccc(CBr)cc1)C(=O)OC(C)(C)C)C(=O)OC(C)(C)C. The number of esters is 2. The van der Waals surface area contributed by atoms with Crippen molar-refractivity contribution in [3.05, 3.63) is 35.4 Å². The van der Waals surface area contributed by atoms with Gasteiger partial charge in [-0.2, -0.15) is 0 Å². The molecule has 0 aromatic heterocycles. The first kappa shape index (κ1) is 29.9. The van der Waals surface area contributed by atoms with Crippen LogP contribution in [0.1, 0.15) is 79.9 Å². The molecule has 0 fully saturated rings. The highest BCUT2D eigenvalue weighted by molar-refractivity contribution is 9.08. The standard InChI is InChI=1S/C26H40BrNO6/c1-24(2,3)32-21(29)19(14-17-10-12-18(16-27)13-11-17)15-20(22(30)33-25(4,5)6)28-23(31)34-26(7,8)9/h10-13,19-20H,14-16H2,1-9H3,(H,28,31)/t19-,20-/m0/s1. The Morgan fingerprint density at radius 1 is 0.765 bits per heavy atom. The van der Waals surface area contributed by atoms with Crippen LogP contribution in [0.15, 0.2) is 24.3 Å². The maximum atomic E-state index is 13.1. The molecule has 0 aliphatic rings. The zero-order chi connectivity index (χ0) is 26.3. The van der Waals surface area contributed by atoms with E-state index in [9.17, 15) is 14.4 Å². The van der Waals surface area contributed by atoms with Gasteiger partial charge in [0.15, 0.2) is 0 Å². The number of alkyl carbamates (subject to hydrolysis) is 1. The smallest absolute Gasteiger partial charge is 0.408 e. The fourth-order valence-corrected chi connectivity index (χ4v) is 3.39. The fourth-order valence-electron chi connectivity index (χ4n) is 3.02. The molecule has 0 aliphatic heterocycles. The number of amides is 1. The molecular formula is C26H40BrNO6. The first-order chi connectivity index (χ1) is 15.4. The summed E-state index contributed by atoms with van der Waals surface area (Å²) in [6.07, 6.45) is -0.413. The van der Waals surface area contributed by atoms with E-state index in [1.807, 2.05) is 24.3 Å². The second kappa shape index (κ2) is 12.0. The lowest BCUT2D eigenvalue weighted by Gasteiger charge is -2.29. The van der Waals surface area contributed by atoms with E-state index in [0.29, 0.717) is 6.42 Å². The van der Waals surface area contributed by atoms with Crippen molar-refractivity contribution in [1.29, 1.82) is 0 Å². The fraction of sp³-hybridized carbons (Fsp3) is 0.654. The van der Waals surface area contributed by atoms with Crippen molar-refractivity contribution >= 4 is 34.0 Å². The third kappa shape index (κ3) is 12.4. The van der Waals surface area contributed by atoms with Gasteiger partial charge in [0.2, 0.25) is 0 Å². The minimum Gasteiger partial charge on any atom is -0.460 e. The molecule has 0 bridgehead atoms. The Balaban J connectivity index is 3.22. The Kier molecular flexibility index (Phi) is 10.6. The highest BCUT2D eigenvalue weighted by Gasteiger charge is 2.35. The molecule has 0 radical (unpaired) electrons. The van der Waals surface area contributed by atoms with Crippen LogP contribution in [0.5, 0.6) is 0 Å². The van der Waals surface area contributed by atoms with E-state index in [1.165, 1.54) is 0 Å². The van der Waals surface area contributed by atoms with Crippen molar-refractivity contribution in [3.63, 3.8) is 0 Å². The molecule has 0 saturated heterocycles. The predicted octanol–water partition coefficient (Wildman–Crippen LogP) is 5.71. The quantitative estimate of drug-likeness (QED) is 0.257. The number of nitrogens with one attached hydrogen (secondary N) is 1. The second-order valence-corrected chi connectivity index (χ2v) is 11.9. The minimum absolute atomic E-state index is 0.00324. The van der Waals surface area contributed by atoms with Crippen LogP contribution in [0.4, 0.5) is 4.79 Å². The van der Waals surface area contributed by atoms with Gasteiger partial charge < -0.3 is 19.5 Å². The van der Waals surface area contributed by atoms with Crippen molar-refractivity contribution in [2.24, 2.45) is 5.92 Å². The summed E-state index contributed by atoms with van der Waals surface area (Å²) in [7, 11) is 0. The zero-order valence-corrected chi connectivity index (χ0v) is 23.5. The molecule has 0 aliphatic carbocycles. The highest BCUT2D eigenvalue weighted by atomic mass is 79.9. The van der Waals surface area contributed by atoms with Crippen LogP contribution in [-0.4, -0.2) is 40.9 Å². The molecule has 0 unspecified atom stereocenters. The largest absolute Gasteiger partial charge is 0.460 e. The zero-order valence-electron chi connectivity index (χ0n) is 21.9. The van der Waals surface area contributed by atoms with Gasteiger partial charge in [0, 0.05) is 5.33 Å². The second-order valence-electron chi connectivity index (χ2n) is 11.4. The lowest BCUT2D eigenvalue weighted by Crippen LogP contribution is -2.48. The first-order valence-corrected chi connectivity index (χ1v) is 12.6. The lowest BCUT2D eigenvalue weighted by atomic mass is 9.92. The number of carbonyl (C=O) groups is 3. The Morgan fingerprint density at radius 3 is 1.65 bits per heavy atom. The monoisotopic (exact) mass is 541 g/mol. The lowest BCUT2D eigenvalue weighted by molar-refractivity contribution is -0.162. The molecule has 7 nitrogen and oxygen atoms in total. The predicted molar refractivity (Wildman–Crippen MR) is 136 cm³/mol. The van der Waals surface area contributed by atoms with Gasteiger partial charge in [0.05, 0.1) is 5.92 Å². The van der Waals surface area contributed by atoms with E-state index in [1.54, 1.807) is 62.3 Å². The van der Waals surface area contributed by atoms with Crippen molar-refractivity contribution in [1.82, 2.24) is 5.32 Å². The molecule has 1 N–H and O–H groups in total. The molecule has 34 heavy (non-hydrogen) atoms. The summed E-state index contributed by atoms with van der Waals surface area (Å²) in [5.41, 5.74) is -0.186. The third-order valence-corrected chi connectivity index (χ3v) is 4.95. The first-order valence-electron chi connectivity index (χ1n) is 11.5. The summed E-state index contributed by atoms with van der Waals surface area (Å²) in [4.78, 5) is 38.6. The van der Waals surface area contributed by atoms with Crippen LogP contribution >= 0.6 is 15.9 Å². The topological polar surface area (TPSA) is 90.9 Å². The van der Waals surface area contributed by atoms with Gasteiger partial charge in [-0.15, -0.1) is 0 Å². The van der Waals surface area contributed by atoms with E-state index in [0.717, 1.165) is 16.5 Å². The summed E-state index contributed by atoms with van der Waals surface area (Å²) in [5.74, 6) is -1.78. The Bertz CT molecular complexity index is 831. The van der Waals surface area contributed by atoms with Gasteiger partial charge in [0.1, 0.15) is 22.8 Å². The van der Waals surface area contributed by atoms with Gasteiger partial charge in [-0.05, 0) is 86.3 Å². The van der Waals surface area contributed by atoms with E-state index in [-0.39, 0.29) is 6.42 Å². The third-order valence-electron chi connectivity index (χ3n) is 4.30. The number of halogens is 1. The van der Waals surface area contributed by atoms with Crippen LogP contribution in [0.25, 0.3) is 0 Å². The molecule has 192 valence electrons. The Hall–Kier alpha value is -2.09. The number of alkyl halides is 1. The summed E-state index contributed by atoms with van der Waals surface area (Å²) in [6.45, 7) is 15.8. The molecule has 0 saturated carbocycles. The molecule has 2 atom stereocenters. The van der Waals surface area contributed by atoms with E-state index in [4.69, 9.17) is 14.2 Å². The number of hydrogen-bond acceptors (Lipinski definition) is 6. The van der Waals surface area contributed by atoms with Gasteiger partial charge >= 0.3 is 18.0 Å². The van der Waals surface area contributed by atoms with Crippen molar-refractivity contribution in [3.8, 4) is 0 Å². The molecular weight excluding hydrogens is 502 g/mol. The number of ether oxygens (including phenoxy) is 3. The molecule has 1 aromatic rings. The maximum Gasteiger partial charge on any atom is 0.408 e. The average molecular weight is 543 g/mol. The van der Waals surface area contributed by atoms with Crippen molar-refractivity contribution < 1.29 is 28.6 Å². The number of benzene rings is 1. The molecule has 1 rings (SSSR count). The molecule has 1 aromatic carbocycles. The minimum atomic E-state index is -1.09. The van der Waals surface area contributed by atoms with Gasteiger partial charge in [-0.3, -0.25) is 4.79 Å². The van der Waals surface area contributed by atoms with Crippen molar-refractivity contribution in [2.45, 2.75) is 103 Å². The average Bonchev–Trinajstić information content (AvgIpc) is 2.63. The summed E-state index contributed by atoms with van der Waals surface area (Å²) in [5, 5.41) is 3.32. The van der Waals surface area contributed by atoms with E-state index >= 15 is 0 Å².